The largest absolute Gasteiger partial charge is 0.382 e. The van der Waals surface area contributed by atoms with Crippen LogP contribution in [-0.4, -0.2) is 71.6 Å². The zero-order valence-corrected chi connectivity index (χ0v) is 14.9. The fraction of sp³-hybridized carbons (Fsp3) is 0.722. The van der Waals surface area contributed by atoms with Gasteiger partial charge in [0.25, 0.3) is 0 Å². The van der Waals surface area contributed by atoms with Crippen LogP contribution in [0.25, 0.3) is 0 Å². The fourth-order valence-electron chi connectivity index (χ4n) is 3.62. The molecule has 0 radical (unpaired) electrons. The van der Waals surface area contributed by atoms with Crippen molar-refractivity contribution in [2.24, 2.45) is 5.92 Å². The van der Waals surface area contributed by atoms with Crippen LogP contribution in [0, 0.1) is 5.92 Å². The molecule has 0 bridgehead atoms. The van der Waals surface area contributed by atoms with Gasteiger partial charge in [0.15, 0.2) is 0 Å². The summed E-state index contributed by atoms with van der Waals surface area (Å²) in [6.07, 6.45) is 8.17. The van der Waals surface area contributed by atoms with Crippen LogP contribution in [0.2, 0.25) is 0 Å². The van der Waals surface area contributed by atoms with Crippen molar-refractivity contribution in [2.45, 2.75) is 32.1 Å². The van der Waals surface area contributed by atoms with E-state index in [1.54, 1.807) is 12.4 Å². The molecular formula is C18H29N5O2. The minimum atomic E-state index is 0.291. The highest BCUT2D eigenvalue weighted by Crippen LogP contribution is 2.21. The number of nitrogens with two attached hydrogens (primary N) is 1. The normalized spacial score (nSPS) is 22.6. The number of anilines is 1. The number of carbonyl (C=O) groups excluding carboxylic acids is 1. The van der Waals surface area contributed by atoms with E-state index in [1.165, 1.54) is 0 Å². The summed E-state index contributed by atoms with van der Waals surface area (Å²) < 4.78 is 5.35. The maximum atomic E-state index is 12.5. The number of nitrogens with zero attached hydrogens (tertiary/aromatic N) is 4. The number of hydrogen-bond acceptors (Lipinski definition) is 6. The Morgan fingerprint density at radius 3 is 2.76 bits per heavy atom. The van der Waals surface area contributed by atoms with Crippen molar-refractivity contribution in [3.05, 3.63) is 18.1 Å². The predicted molar refractivity (Wildman–Crippen MR) is 95.9 cm³/mol. The van der Waals surface area contributed by atoms with Gasteiger partial charge in [-0.25, -0.2) is 4.98 Å². The minimum Gasteiger partial charge on any atom is -0.382 e. The first-order valence-electron chi connectivity index (χ1n) is 9.35. The fourth-order valence-corrected chi connectivity index (χ4v) is 3.62. The Hall–Kier alpha value is -1.73. The van der Waals surface area contributed by atoms with E-state index in [0.717, 1.165) is 77.3 Å². The van der Waals surface area contributed by atoms with Gasteiger partial charge in [0.05, 0.1) is 31.3 Å². The van der Waals surface area contributed by atoms with Crippen molar-refractivity contribution < 1.29 is 9.53 Å². The number of hydrogen-bond donors (Lipinski definition) is 1. The first-order valence-corrected chi connectivity index (χ1v) is 9.35. The molecule has 0 aliphatic carbocycles. The third-order valence-electron chi connectivity index (χ3n) is 5.17. The molecule has 2 aliphatic rings. The molecule has 0 aromatic carbocycles. The highest BCUT2D eigenvalue weighted by atomic mass is 16.5. The van der Waals surface area contributed by atoms with Crippen LogP contribution in [0.4, 0.5) is 5.82 Å². The average Bonchev–Trinajstić information content (AvgIpc) is 2.88. The van der Waals surface area contributed by atoms with E-state index >= 15 is 0 Å². The van der Waals surface area contributed by atoms with Gasteiger partial charge in [-0.05, 0) is 31.6 Å². The lowest BCUT2D eigenvalue weighted by molar-refractivity contribution is -0.131. The zero-order valence-electron chi connectivity index (χ0n) is 14.9. The first-order chi connectivity index (χ1) is 12.2. The second-order valence-electron chi connectivity index (χ2n) is 7.02. The second-order valence-corrected chi connectivity index (χ2v) is 7.02. The lowest BCUT2D eigenvalue weighted by Gasteiger charge is -2.27. The van der Waals surface area contributed by atoms with E-state index in [2.05, 4.69) is 19.8 Å². The minimum absolute atomic E-state index is 0.291. The van der Waals surface area contributed by atoms with Crippen LogP contribution in [0.3, 0.4) is 0 Å². The lowest BCUT2D eigenvalue weighted by Crippen LogP contribution is -2.40. The molecule has 2 saturated heterocycles. The van der Waals surface area contributed by atoms with Crippen LogP contribution in [-0.2, 0) is 16.0 Å². The van der Waals surface area contributed by atoms with Crippen LogP contribution < -0.4 is 5.73 Å². The van der Waals surface area contributed by atoms with Crippen molar-refractivity contribution in [1.82, 2.24) is 19.8 Å². The standard InChI is InChI=1S/C18H29N5O2/c19-17-14-20-16(13-21-17)12-15-2-1-5-23(7-3-15)18(24)4-6-22-8-10-25-11-9-22/h13-15H,1-12H2,(H2,19,21)/t15-/m0/s1. The van der Waals surface area contributed by atoms with Gasteiger partial charge in [0, 0.05) is 39.1 Å². The van der Waals surface area contributed by atoms with Crippen molar-refractivity contribution in [3.8, 4) is 0 Å². The van der Waals surface area contributed by atoms with Gasteiger partial charge in [0.1, 0.15) is 5.82 Å². The summed E-state index contributed by atoms with van der Waals surface area (Å²) in [7, 11) is 0. The maximum Gasteiger partial charge on any atom is 0.223 e. The highest BCUT2D eigenvalue weighted by Gasteiger charge is 2.22. The molecule has 3 heterocycles. The predicted octanol–water partition coefficient (Wildman–Crippen LogP) is 0.952. The van der Waals surface area contributed by atoms with Gasteiger partial charge in [0.2, 0.25) is 5.91 Å². The molecule has 138 valence electrons. The summed E-state index contributed by atoms with van der Waals surface area (Å²) in [6, 6.07) is 0. The van der Waals surface area contributed by atoms with Gasteiger partial charge in [-0.3, -0.25) is 14.7 Å². The quantitative estimate of drug-likeness (QED) is 0.854. The summed E-state index contributed by atoms with van der Waals surface area (Å²) in [4.78, 5) is 25.4. The molecule has 1 aromatic heterocycles. The van der Waals surface area contributed by atoms with Crippen LogP contribution in [0.5, 0.6) is 0 Å². The molecule has 2 N–H and O–H groups in total. The van der Waals surface area contributed by atoms with Crippen molar-refractivity contribution in [2.75, 3.05) is 51.7 Å². The van der Waals surface area contributed by atoms with Crippen molar-refractivity contribution >= 4 is 11.7 Å². The molecule has 2 aliphatic heterocycles. The summed E-state index contributed by atoms with van der Waals surface area (Å²) in [5, 5.41) is 0. The van der Waals surface area contributed by atoms with E-state index in [-0.39, 0.29) is 0 Å². The molecule has 0 spiro atoms. The molecule has 2 fully saturated rings. The third-order valence-corrected chi connectivity index (χ3v) is 5.17. The van der Waals surface area contributed by atoms with Crippen molar-refractivity contribution in [3.63, 3.8) is 0 Å². The Bertz CT molecular complexity index is 545. The number of morpholine rings is 1. The Morgan fingerprint density at radius 2 is 2.00 bits per heavy atom. The van der Waals surface area contributed by atoms with E-state index in [1.807, 2.05) is 0 Å². The number of likely N-dealkylation sites (tertiary alicyclic amines) is 1. The first kappa shape index (κ1) is 18.1. The molecular weight excluding hydrogens is 318 g/mol. The summed E-state index contributed by atoms with van der Waals surface area (Å²) >= 11 is 0. The van der Waals surface area contributed by atoms with Crippen LogP contribution in [0.15, 0.2) is 12.4 Å². The Morgan fingerprint density at radius 1 is 1.16 bits per heavy atom. The number of carbonyl (C=O) groups is 1. The molecule has 0 unspecified atom stereocenters. The lowest BCUT2D eigenvalue weighted by atomic mass is 9.95. The van der Waals surface area contributed by atoms with Gasteiger partial charge in [-0.15, -0.1) is 0 Å². The zero-order chi connectivity index (χ0) is 17.5. The van der Waals surface area contributed by atoms with Gasteiger partial charge < -0.3 is 15.4 Å². The van der Waals surface area contributed by atoms with Crippen molar-refractivity contribution in [1.29, 1.82) is 0 Å². The molecule has 1 atom stereocenters. The summed E-state index contributed by atoms with van der Waals surface area (Å²) in [5.74, 6) is 1.32. The van der Waals surface area contributed by atoms with E-state index in [0.29, 0.717) is 24.1 Å². The summed E-state index contributed by atoms with van der Waals surface area (Å²) in [6.45, 7) is 6.04. The Balaban J connectivity index is 1.42. The molecule has 25 heavy (non-hydrogen) atoms. The van der Waals surface area contributed by atoms with Gasteiger partial charge in [-0.1, -0.05) is 0 Å². The molecule has 3 rings (SSSR count). The number of nitrogen functional groups attached to an aromatic ring is 1. The van der Waals surface area contributed by atoms with E-state index in [9.17, 15) is 4.79 Å². The van der Waals surface area contributed by atoms with Crippen LogP contribution >= 0.6 is 0 Å². The SMILES string of the molecule is Nc1cnc(C[C@H]2CCCN(C(=O)CCN3CCOCC3)CC2)cn1. The molecule has 1 amide bonds. The number of rotatable bonds is 5. The van der Waals surface area contributed by atoms with Crippen LogP contribution in [0.1, 0.15) is 31.4 Å². The van der Waals surface area contributed by atoms with E-state index in [4.69, 9.17) is 10.5 Å². The number of amides is 1. The second kappa shape index (κ2) is 9.10. The molecule has 7 nitrogen and oxygen atoms in total. The topological polar surface area (TPSA) is 84.6 Å². The molecule has 1 aromatic rings. The maximum absolute atomic E-state index is 12.5. The van der Waals surface area contributed by atoms with E-state index < -0.39 is 0 Å². The smallest absolute Gasteiger partial charge is 0.223 e. The monoisotopic (exact) mass is 347 g/mol. The molecule has 7 heteroatoms. The summed E-state index contributed by atoms with van der Waals surface area (Å²) in [5.41, 5.74) is 6.58. The number of ether oxygens (including phenoxy) is 1. The Labute approximate surface area is 149 Å². The number of aromatic nitrogens is 2. The van der Waals surface area contributed by atoms with Gasteiger partial charge >= 0.3 is 0 Å². The van der Waals surface area contributed by atoms with Gasteiger partial charge in [-0.2, -0.15) is 0 Å². The third kappa shape index (κ3) is 5.64. The highest BCUT2D eigenvalue weighted by molar-refractivity contribution is 5.76. The molecule has 0 saturated carbocycles. The Kier molecular flexibility index (Phi) is 6.58. The average molecular weight is 347 g/mol.